The number of aliphatic hydroxyl groups is 1. The van der Waals surface area contributed by atoms with Crippen LogP contribution in [-0.4, -0.2) is 45.9 Å². The Morgan fingerprint density at radius 1 is 1.03 bits per heavy atom. The van der Waals surface area contributed by atoms with Crippen LogP contribution >= 0.6 is 0 Å². The van der Waals surface area contributed by atoms with Gasteiger partial charge in [0.25, 0.3) is 0 Å². The van der Waals surface area contributed by atoms with Gasteiger partial charge < -0.3 is 33.5 Å². The molecule has 2 aliphatic carbocycles. The smallest absolute Gasteiger partial charge is 0.231 e. The number of hydrogen-bond donors (Lipinski definition) is 1. The number of fused-ring (bicyclic) bond motifs is 4. The van der Waals surface area contributed by atoms with Crippen molar-refractivity contribution in [1.29, 1.82) is 0 Å². The lowest BCUT2D eigenvalue weighted by Crippen LogP contribution is -2.40. The second-order valence-electron chi connectivity index (χ2n) is 8.37. The molecule has 30 heavy (non-hydrogen) atoms. The van der Waals surface area contributed by atoms with Crippen LogP contribution in [0, 0.1) is 11.8 Å². The third-order valence-electron chi connectivity index (χ3n) is 6.66. The molecule has 1 aromatic carbocycles. The zero-order valence-corrected chi connectivity index (χ0v) is 18.4. The molecule has 0 amide bonds. The van der Waals surface area contributed by atoms with Crippen LogP contribution in [0.4, 0.5) is 0 Å². The van der Waals surface area contributed by atoms with Crippen molar-refractivity contribution in [2.45, 2.75) is 38.2 Å². The van der Waals surface area contributed by atoms with E-state index in [0.717, 1.165) is 17.5 Å². The van der Waals surface area contributed by atoms with Crippen molar-refractivity contribution >= 4 is 0 Å². The van der Waals surface area contributed by atoms with E-state index in [0.29, 0.717) is 40.9 Å². The fourth-order valence-corrected chi connectivity index (χ4v) is 4.94. The molecule has 1 saturated heterocycles. The summed E-state index contributed by atoms with van der Waals surface area (Å²) in [5, 5.41) is 11.3. The van der Waals surface area contributed by atoms with Crippen LogP contribution in [0.3, 0.4) is 0 Å². The normalized spacial score (nSPS) is 29.8. The summed E-state index contributed by atoms with van der Waals surface area (Å²) in [7, 11) is 6.45. The fourth-order valence-electron chi connectivity index (χ4n) is 4.94. The molecule has 1 aliphatic heterocycles. The Hall–Kier alpha value is -2.54. The molecular formula is C23H30O7. The maximum absolute atomic E-state index is 11.3. The fraction of sp³-hybridized carbons (Fsp3) is 0.565. The number of methoxy groups -OCH3 is 4. The van der Waals surface area contributed by atoms with Gasteiger partial charge in [0.15, 0.2) is 17.3 Å². The molecule has 1 N–H and O–H groups in total. The molecule has 7 heteroatoms. The molecule has 1 heterocycles. The molecule has 4 atom stereocenters. The highest BCUT2D eigenvalue weighted by molar-refractivity contribution is 5.63. The Labute approximate surface area is 177 Å². The highest BCUT2D eigenvalue weighted by Gasteiger charge is 2.46. The van der Waals surface area contributed by atoms with Crippen molar-refractivity contribution in [3.63, 3.8) is 0 Å². The molecule has 0 saturated carbocycles. The largest absolute Gasteiger partial charge is 0.496 e. The van der Waals surface area contributed by atoms with Crippen molar-refractivity contribution < 1.29 is 33.5 Å². The monoisotopic (exact) mass is 418 g/mol. The average molecular weight is 418 g/mol. The number of benzene rings is 1. The van der Waals surface area contributed by atoms with Gasteiger partial charge in [-0.15, -0.1) is 0 Å². The van der Waals surface area contributed by atoms with Crippen LogP contribution in [0.2, 0.25) is 0 Å². The summed E-state index contributed by atoms with van der Waals surface area (Å²) in [5.41, 5.74) is 0.942. The summed E-state index contributed by atoms with van der Waals surface area (Å²) in [6.07, 6.45) is 3.29. The van der Waals surface area contributed by atoms with Crippen molar-refractivity contribution in [2.24, 2.45) is 11.8 Å². The lowest BCUT2D eigenvalue weighted by molar-refractivity contribution is -0.00599. The van der Waals surface area contributed by atoms with Gasteiger partial charge >= 0.3 is 0 Å². The highest BCUT2D eigenvalue weighted by Crippen LogP contribution is 2.55. The third-order valence-corrected chi connectivity index (χ3v) is 6.66. The Morgan fingerprint density at radius 3 is 2.40 bits per heavy atom. The Balaban J connectivity index is 2.04. The molecule has 0 spiro atoms. The lowest BCUT2D eigenvalue weighted by atomic mass is 9.67. The maximum atomic E-state index is 11.3. The second-order valence-corrected chi connectivity index (χ2v) is 8.37. The number of ether oxygens (including phenoxy) is 6. The van der Waals surface area contributed by atoms with Crippen LogP contribution in [0.25, 0.3) is 0 Å². The Morgan fingerprint density at radius 2 is 1.77 bits per heavy atom. The summed E-state index contributed by atoms with van der Waals surface area (Å²) >= 11 is 0. The number of rotatable bonds is 4. The average Bonchev–Trinajstić information content (AvgIpc) is 3.19. The predicted octanol–water partition coefficient (Wildman–Crippen LogP) is 3.51. The van der Waals surface area contributed by atoms with Crippen molar-refractivity contribution in [3.8, 4) is 17.2 Å². The van der Waals surface area contributed by atoms with Crippen LogP contribution in [0.1, 0.15) is 37.3 Å². The van der Waals surface area contributed by atoms with Gasteiger partial charge in [0.1, 0.15) is 5.76 Å². The van der Waals surface area contributed by atoms with E-state index in [1.54, 1.807) is 28.4 Å². The summed E-state index contributed by atoms with van der Waals surface area (Å²) in [5.74, 6) is 3.58. The Kier molecular flexibility index (Phi) is 5.26. The van der Waals surface area contributed by atoms with Crippen molar-refractivity contribution in [1.82, 2.24) is 0 Å². The van der Waals surface area contributed by atoms with E-state index in [1.165, 1.54) is 0 Å². The van der Waals surface area contributed by atoms with Gasteiger partial charge in [-0.1, -0.05) is 6.92 Å². The first kappa shape index (κ1) is 20.7. The van der Waals surface area contributed by atoms with E-state index in [1.807, 2.05) is 13.0 Å². The molecule has 164 valence electrons. The molecule has 7 nitrogen and oxygen atoms in total. The molecule has 0 aromatic heterocycles. The van der Waals surface area contributed by atoms with Gasteiger partial charge in [-0.25, -0.2) is 0 Å². The third kappa shape index (κ3) is 3.07. The van der Waals surface area contributed by atoms with Crippen molar-refractivity contribution in [2.75, 3.05) is 35.2 Å². The topological polar surface area (TPSA) is 75.6 Å². The van der Waals surface area contributed by atoms with Crippen LogP contribution in [-0.2, 0) is 20.6 Å². The van der Waals surface area contributed by atoms with Crippen LogP contribution in [0.5, 0.6) is 17.2 Å². The number of allylic oxidation sites excluding steroid dienone is 2. The quantitative estimate of drug-likeness (QED) is 0.802. The minimum atomic E-state index is -0.910. The molecule has 0 bridgehead atoms. The number of hydrogen-bond acceptors (Lipinski definition) is 7. The van der Waals surface area contributed by atoms with Gasteiger partial charge in [-0.3, -0.25) is 0 Å². The van der Waals surface area contributed by atoms with E-state index < -0.39 is 5.60 Å². The maximum Gasteiger partial charge on any atom is 0.231 e. The first-order chi connectivity index (χ1) is 14.4. The summed E-state index contributed by atoms with van der Waals surface area (Å²) in [4.78, 5) is 0. The van der Waals surface area contributed by atoms with E-state index in [9.17, 15) is 5.11 Å². The predicted molar refractivity (Wildman–Crippen MR) is 110 cm³/mol. The van der Waals surface area contributed by atoms with Gasteiger partial charge in [-0.05, 0) is 42.9 Å². The van der Waals surface area contributed by atoms with Crippen molar-refractivity contribution in [3.05, 3.63) is 40.5 Å². The molecule has 2 unspecified atom stereocenters. The summed E-state index contributed by atoms with van der Waals surface area (Å²) in [6.45, 7) is 4.13. The van der Waals surface area contributed by atoms with E-state index in [-0.39, 0.29) is 24.5 Å². The van der Waals surface area contributed by atoms with E-state index >= 15 is 0 Å². The summed E-state index contributed by atoms with van der Waals surface area (Å²) in [6, 6.07) is 1.93. The zero-order valence-electron chi connectivity index (χ0n) is 18.4. The first-order valence-electron chi connectivity index (χ1n) is 10.2. The molecule has 0 radical (unpaired) electrons. The van der Waals surface area contributed by atoms with E-state index in [4.69, 9.17) is 28.4 Å². The lowest BCUT2D eigenvalue weighted by Gasteiger charge is -2.41. The van der Waals surface area contributed by atoms with Gasteiger partial charge in [-0.2, -0.15) is 0 Å². The molecule has 1 fully saturated rings. The van der Waals surface area contributed by atoms with Gasteiger partial charge in [0.2, 0.25) is 18.3 Å². The SMILES string of the molecule is COC1=C2OCOC2=CC2C[C@H](C)[C@@](C)(O)Cc3cc(OC)c(OC)c(OC)c3C12. The van der Waals surface area contributed by atoms with Gasteiger partial charge in [0.05, 0.1) is 40.0 Å². The zero-order chi connectivity index (χ0) is 21.6. The standard InChI is InChI=1S/C23H30O7/c1-12-7-13-8-16-20(30-11-29-16)22(28-6)17(13)18-14(10-23(12,2)24)9-15(25-3)19(26-4)21(18)27-5/h8-9,12-13,17,24H,7,10-11H2,1-6H3/t12-,13?,17?,23-/m0/s1. The minimum absolute atomic E-state index is 0.0212. The molecule has 4 rings (SSSR count). The Bertz CT molecular complexity index is 899. The molecule has 1 aromatic rings. The van der Waals surface area contributed by atoms with Crippen LogP contribution < -0.4 is 14.2 Å². The highest BCUT2D eigenvalue weighted by atomic mass is 16.7. The van der Waals surface area contributed by atoms with Gasteiger partial charge in [0, 0.05) is 12.0 Å². The first-order valence-corrected chi connectivity index (χ1v) is 10.2. The second kappa shape index (κ2) is 7.61. The molecular weight excluding hydrogens is 388 g/mol. The van der Waals surface area contributed by atoms with Crippen LogP contribution in [0.15, 0.2) is 29.4 Å². The summed E-state index contributed by atoms with van der Waals surface area (Å²) < 4.78 is 34.4. The van der Waals surface area contributed by atoms with E-state index in [2.05, 4.69) is 13.0 Å². The molecule has 3 aliphatic rings. The minimum Gasteiger partial charge on any atom is -0.496 e.